The van der Waals surface area contributed by atoms with Gasteiger partial charge in [-0.25, -0.2) is 0 Å². The summed E-state index contributed by atoms with van der Waals surface area (Å²) in [7, 11) is 0. The smallest absolute Gasteiger partial charge is 0.161 e. The fourth-order valence-electron chi connectivity index (χ4n) is 1.10. The summed E-state index contributed by atoms with van der Waals surface area (Å²) in [6.45, 7) is 1.27. The van der Waals surface area contributed by atoms with Crippen LogP contribution in [-0.2, 0) is 9.47 Å². The van der Waals surface area contributed by atoms with Crippen molar-refractivity contribution in [2.75, 3.05) is 13.2 Å². The van der Waals surface area contributed by atoms with Crippen molar-refractivity contribution in [1.29, 1.82) is 0 Å². The second kappa shape index (κ2) is 3.30. The van der Waals surface area contributed by atoms with E-state index in [0.29, 0.717) is 13.2 Å². The van der Waals surface area contributed by atoms with Crippen LogP contribution >= 0.6 is 0 Å². The summed E-state index contributed by atoms with van der Waals surface area (Å²) in [6, 6.07) is 0. The molecule has 0 aromatic carbocycles. The van der Waals surface area contributed by atoms with Crippen molar-refractivity contribution >= 4 is 0 Å². The predicted octanol–water partition coefficient (Wildman–Crippen LogP) is 1.93. The maximum absolute atomic E-state index is 5.36. The number of hydrogen-bond donors (Lipinski definition) is 0. The van der Waals surface area contributed by atoms with Gasteiger partial charge < -0.3 is 9.47 Å². The van der Waals surface area contributed by atoms with Crippen LogP contribution in [0.4, 0.5) is 0 Å². The summed E-state index contributed by atoms with van der Waals surface area (Å²) in [5.74, 6) is 1.64. The van der Waals surface area contributed by atoms with Crippen LogP contribution in [-0.4, -0.2) is 13.2 Å². The molecule has 0 aliphatic carbocycles. The molecule has 0 radical (unpaired) electrons. The Hall–Kier alpha value is -1.44. The maximum atomic E-state index is 5.36. The maximum Gasteiger partial charge on any atom is 0.161 e. The number of rotatable bonds is 1. The van der Waals surface area contributed by atoms with Gasteiger partial charge in [-0.15, -0.1) is 0 Å². The van der Waals surface area contributed by atoms with Crippen molar-refractivity contribution in [3.63, 3.8) is 0 Å². The Morgan fingerprint density at radius 1 is 0.833 bits per heavy atom. The lowest BCUT2D eigenvalue weighted by atomic mass is 10.2. The zero-order valence-corrected chi connectivity index (χ0v) is 6.69. The second-order valence-electron chi connectivity index (χ2n) is 2.54. The number of hydrogen-bond acceptors (Lipinski definition) is 2. The molecule has 2 nitrogen and oxygen atoms in total. The summed E-state index contributed by atoms with van der Waals surface area (Å²) in [5.41, 5.74) is 0. The molecule has 2 aliphatic heterocycles. The van der Waals surface area contributed by atoms with E-state index in [2.05, 4.69) is 0 Å². The lowest BCUT2D eigenvalue weighted by Gasteiger charge is -2.16. The normalized spacial score (nSPS) is 20.7. The minimum Gasteiger partial charge on any atom is -0.486 e. The molecule has 0 amide bonds. The molecular weight excluding hydrogens is 152 g/mol. The van der Waals surface area contributed by atoms with Crippen LogP contribution in [0.3, 0.4) is 0 Å². The van der Waals surface area contributed by atoms with E-state index in [-0.39, 0.29) is 0 Å². The average molecular weight is 162 g/mol. The molecule has 2 heteroatoms. The standard InChI is InChI=1S/C10H10O2/c1-3-7-11-9(5-1)10-6-2-4-8-12-10/h1-6H,7-8H2. The molecule has 2 rings (SSSR count). The minimum atomic E-state index is 0.635. The summed E-state index contributed by atoms with van der Waals surface area (Å²) in [6.07, 6.45) is 11.7. The SMILES string of the molecule is C1=CCOC(C2=CC=CCO2)=C1. The first-order valence-corrected chi connectivity index (χ1v) is 3.96. The van der Waals surface area contributed by atoms with Crippen molar-refractivity contribution in [2.45, 2.75) is 0 Å². The lowest BCUT2D eigenvalue weighted by molar-refractivity contribution is 0.177. The Morgan fingerprint density at radius 2 is 1.33 bits per heavy atom. The molecule has 0 atom stereocenters. The summed E-state index contributed by atoms with van der Waals surface area (Å²) in [4.78, 5) is 0. The van der Waals surface area contributed by atoms with Gasteiger partial charge in [-0.2, -0.15) is 0 Å². The molecule has 0 saturated carbocycles. The van der Waals surface area contributed by atoms with E-state index in [0.717, 1.165) is 11.5 Å². The molecule has 12 heavy (non-hydrogen) atoms. The predicted molar refractivity (Wildman–Crippen MR) is 46.4 cm³/mol. The largest absolute Gasteiger partial charge is 0.486 e. The Bertz CT molecular complexity index is 252. The van der Waals surface area contributed by atoms with E-state index < -0.39 is 0 Å². The highest BCUT2D eigenvalue weighted by molar-refractivity contribution is 5.31. The topological polar surface area (TPSA) is 18.5 Å². The van der Waals surface area contributed by atoms with Crippen molar-refractivity contribution < 1.29 is 9.47 Å². The molecule has 0 aromatic rings. The van der Waals surface area contributed by atoms with Gasteiger partial charge in [-0.3, -0.25) is 0 Å². The summed E-state index contributed by atoms with van der Waals surface area (Å²) in [5, 5.41) is 0. The first kappa shape index (κ1) is 7.22. The van der Waals surface area contributed by atoms with Crippen molar-refractivity contribution in [1.82, 2.24) is 0 Å². The van der Waals surface area contributed by atoms with Crippen molar-refractivity contribution in [2.24, 2.45) is 0 Å². The molecular formula is C10H10O2. The first-order chi connectivity index (χ1) is 5.97. The van der Waals surface area contributed by atoms with E-state index in [1.54, 1.807) is 0 Å². The van der Waals surface area contributed by atoms with E-state index in [9.17, 15) is 0 Å². The molecule has 0 saturated heterocycles. The van der Waals surface area contributed by atoms with E-state index >= 15 is 0 Å². The van der Waals surface area contributed by atoms with Gasteiger partial charge in [0, 0.05) is 0 Å². The highest BCUT2D eigenvalue weighted by Gasteiger charge is 2.09. The quantitative estimate of drug-likeness (QED) is 0.586. The Kier molecular flexibility index (Phi) is 1.99. The zero-order valence-electron chi connectivity index (χ0n) is 6.69. The molecule has 2 heterocycles. The molecule has 2 aliphatic rings. The van der Waals surface area contributed by atoms with E-state index in [4.69, 9.17) is 9.47 Å². The van der Waals surface area contributed by atoms with Gasteiger partial charge in [-0.1, -0.05) is 12.2 Å². The molecule has 0 fully saturated rings. The summed E-state index contributed by atoms with van der Waals surface area (Å²) < 4.78 is 10.7. The van der Waals surface area contributed by atoms with Gasteiger partial charge in [0.2, 0.25) is 0 Å². The molecule has 0 aromatic heterocycles. The Morgan fingerprint density at radius 3 is 1.67 bits per heavy atom. The van der Waals surface area contributed by atoms with Crippen LogP contribution in [0.15, 0.2) is 48.0 Å². The zero-order chi connectivity index (χ0) is 8.23. The van der Waals surface area contributed by atoms with Gasteiger partial charge in [-0.05, 0) is 24.3 Å². The highest BCUT2D eigenvalue weighted by atomic mass is 16.5. The second-order valence-corrected chi connectivity index (χ2v) is 2.54. The van der Waals surface area contributed by atoms with Crippen molar-refractivity contribution in [3.8, 4) is 0 Å². The third-order valence-electron chi connectivity index (χ3n) is 1.68. The van der Waals surface area contributed by atoms with Gasteiger partial charge >= 0.3 is 0 Å². The molecule has 62 valence electrons. The van der Waals surface area contributed by atoms with Crippen LogP contribution in [0.25, 0.3) is 0 Å². The van der Waals surface area contributed by atoms with Crippen LogP contribution in [0, 0.1) is 0 Å². The van der Waals surface area contributed by atoms with Crippen LogP contribution in [0.1, 0.15) is 0 Å². The highest BCUT2D eigenvalue weighted by Crippen LogP contribution is 2.18. The molecule has 0 bridgehead atoms. The Balaban J connectivity index is 2.17. The fraction of sp³-hybridized carbons (Fsp3) is 0.200. The minimum absolute atomic E-state index is 0.635. The fourth-order valence-corrected chi connectivity index (χ4v) is 1.10. The average Bonchev–Trinajstić information content (AvgIpc) is 2.21. The molecule has 0 unspecified atom stereocenters. The third-order valence-corrected chi connectivity index (χ3v) is 1.68. The molecule has 0 spiro atoms. The van der Waals surface area contributed by atoms with Crippen molar-refractivity contribution in [3.05, 3.63) is 48.0 Å². The third kappa shape index (κ3) is 1.42. The van der Waals surface area contributed by atoms with Gasteiger partial charge in [0.1, 0.15) is 13.2 Å². The van der Waals surface area contributed by atoms with Gasteiger partial charge in [0.05, 0.1) is 0 Å². The number of allylic oxidation sites excluding steroid dienone is 4. The van der Waals surface area contributed by atoms with Crippen LogP contribution < -0.4 is 0 Å². The van der Waals surface area contributed by atoms with Gasteiger partial charge in [0.15, 0.2) is 11.5 Å². The Labute approximate surface area is 71.5 Å². The van der Waals surface area contributed by atoms with Crippen LogP contribution in [0.2, 0.25) is 0 Å². The first-order valence-electron chi connectivity index (χ1n) is 3.96. The van der Waals surface area contributed by atoms with Gasteiger partial charge in [0.25, 0.3) is 0 Å². The lowest BCUT2D eigenvalue weighted by Crippen LogP contribution is -2.05. The van der Waals surface area contributed by atoms with E-state index in [1.165, 1.54) is 0 Å². The monoisotopic (exact) mass is 162 g/mol. The molecule has 0 N–H and O–H groups in total. The number of ether oxygens (including phenoxy) is 2. The van der Waals surface area contributed by atoms with E-state index in [1.807, 2.05) is 36.5 Å². The summed E-state index contributed by atoms with van der Waals surface area (Å²) >= 11 is 0. The van der Waals surface area contributed by atoms with Crippen LogP contribution in [0.5, 0.6) is 0 Å².